The number of fused-ring (bicyclic) bond motifs is 1. The molecule has 0 aliphatic heterocycles. The van der Waals surface area contributed by atoms with Gasteiger partial charge in [-0.2, -0.15) is 5.26 Å². The molecule has 0 unspecified atom stereocenters. The van der Waals surface area contributed by atoms with Crippen LogP contribution in [0.25, 0.3) is 11.0 Å². The molecule has 1 heterocycles. The van der Waals surface area contributed by atoms with Gasteiger partial charge in [0.2, 0.25) is 0 Å². The van der Waals surface area contributed by atoms with Crippen molar-refractivity contribution in [3.63, 3.8) is 0 Å². The number of halogens is 1. The average molecular weight is 372 g/mol. The highest BCUT2D eigenvalue weighted by Crippen LogP contribution is 2.26. The van der Waals surface area contributed by atoms with Crippen molar-refractivity contribution in [3.8, 4) is 11.8 Å². The standard InChI is InChI=1S/C19H18ClN3O3/c1-12(11-24)23-16-6-4-13(9-21)7-17(16)22(19(23)25)10-14-3-5-15(20)18(8-14)26-2/h3-8,12,24H,10-11H2,1-2H3/t12-/m0/s1. The molecule has 1 atom stereocenters. The van der Waals surface area contributed by atoms with Crippen LogP contribution in [0.5, 0.6) is 5.75 Å². The molecule has 7 heteroatoms. The van der Waals surface area contributed by atoms with E-state index in [2.05, 4.69) is 6.07 Å². The summed E-state index contributed by atoms with van der Waals surface area (Å²) >= 11 is 6.07. The number of rotatable bonds is 5. The molecule has 0 aliphatic rings. The second-order valence-corrected chi connectivity index (χ2v) is 6.46. The van der Waals surface area contributed by atoms with Gasteiger partial charge < -0.3 is 9.84 Å². The second-order valence-electron chi connectivity index (χ2n) is 6.05. The Labute approximate surface area is 155 Å². The first-order chi connectivity index (χ1) is 12.5. The normalized spacial score (nSPS) is 12.1. The number of aromatic nitrogens is 2. The summed E-state index contributed by atoms with van der Waals surface area (Å²) in [6.07, 6.45) is 0. The zero-order valence-corrected chi connectivity index (χ0v) is 15.2. The van der Waals surface area contributed by atoms with E-state index in [0.717, 1.165) is 5.56 Å². The lowest BCUT2D eigenvalue weighted by atomic mass is 10.2. The molecule has 0 radical (unpaired) electrons. The minimum absolute atomic E-state index is 0.159. The predicted molar refractivity (Wildman–Crippen MR) is 99.8 cm³/mol. The quantitative estimate of drug-likeness (QED) is 0.747. The van der Waals surface area contributed by atoms with Crippen LogP contribution in [0.1, 0.15) is 24.1 Å². The van der Waals surface area contributed by atoms with E-state index in [1.54, 1.807) is 46.4 Å². The number of hydrogen-bond donors (Lipinski definition) is 1. The van der Waals surface area contributed by atoms with Crippen LogP contribution in [0.15, 0.2) is 41.2 Å². The van der Waals surface area contributed by atoms with Crippen molar-refractivity contribution in [2.75, 3.05) is 13.7 Å². The Bertz CT molecular complexity index is 1060. The first-order valence-corrected chi connectivity index (χ1v) is 8.46. The Balaban J connectivity index is 2.20. The molecule has 0 saturated heterocycles. The Morgan fingerprint density at radius 1 is 1.27 bits per heavy atom. The number of methoxy groups -OCH3 is 1. The van der Waals surface area contributed by atoms with Crippen LogP contribution in [-0.2, 0) is 6.54 Å². The molecule has 0 bridgehead atoms. The summed E-state index contributed by atoms with van der Waals surface area (Å²) in [5.41, 5.74) is 2.38. The lowest BCUT2D eigenvalue weighted by Crippen LogP contribution is -2.28. The lowest BCUT2D eigenvalue weighted by Gasteiger charge is -2.09. The molecular weight excluding hydrogens is 354 g/mol. The summed E-state index contributed by atoms with van der Waals surface area (Å²) in [7, 11) is 1.53. The van der Waals surface area contributed by atoms with Gasteiger partial charge in [-0.1, -0.05) is 17.7 Å². The van der Waals surface area contributed by atoms with E-state index in [9.17, 15) is 15.2 Å². The van der Waals surface area contributed by atoms with Crippen LogP contribution in [0, 0.1) is 11.3 Å². The van der Waals surface area contributed by atoms with Gasteiger partial charge in [-0.05, 0) is 42.8 Å². The number of nitrogens with zero attached hydrogens (tertiary/aromatic N) is 3. The number of hydrogen-bond acceptors (Lipinski definition) is 4. The third kappa shape index (κ3) is 3.07. The molecule has 0 spiro atoms. The highest BCUT2D eigenvalue weighted by Gasteiger charge is 2.18. The van der Waals surface area contributed by atoms with Crippen LogP contribution < -0.4 is 10.4 Å². The Morgan fingerprint density at radius 3 is 2.69 bits per heavy atom. The molecule has 26 heavy (non-hydrogen) atoms. The highest BCUT2D eigenvalue weighted by molar-refractivity contribution is 6.32. The maximum Gasteiger partial charge on any atom is 0.329 e. The minimum atomic E-state index is -0.376. The molecular formula is C19H18ClN3O3. The summed E-state index contributed by atoms with van der Waals surface area (Å²) < 4.78 is 8.37. The molecule has 0 aliphatic carbocycles. The van der Waals surface area contributed by atoms with Gasteiger partial charge in [-0.25, -0.2) is 4.79 Å². The van der Waals surface area contributed by atoms with Crippen molar-refractivity contribution in [2.24, 2.45) is 0 Å². The zero-order valence-electron chi connectivity index (χ0n) is 14.4. The van der Waals surface area contributed by atoms with E-state index in [0.29, 0.717) is 33.9 Å². The average Bonchev–Trinajstić information content (AvgIpc) is 2.93. The van der Waals surface area contributed by atoms with Gasteiger partial charge in [0.1, 0.15) is 5.75 Å². The van der Waals surface area contributed by atoms with Gasteiger partial charge in [-0.15, -0.1) is 0 Å². The van der Waals surface area contributed by atoms with E-state index in [1.165, 1.54) is 7.11 Å². The molecule has 0 amide bonds. The van der Waals surface area contributed by atoms with E-state index in [4.69, 9.17) is 16.3 Å². The number of aliphatic hydroxyl groups excluding tert-OH is 1. The largest absolute Gasteiger partial charge is 0.495 e. The third-order valence-corrected chi connectivity index (χ3v) is 4.67. The monoisotopic (exact) mass is 371 g/mol. The smallest absolute Gasteiger partial charge is 0.329 e. The van der Waals surface area contributed by atoms with E-state index < -0.39 is 0 Å². The molecule has 3 aromatic rings. The Kier molecular flexibility index (Phi) is 5.03. The number of aliphatic hydroxyl groups is 1. The fourth-order valence-corrected chi connectivity index (χ4v) is 3.19. The van der Waals surface area contributed by atoms with Gasteiger partial charge in [0, 0.05) is 0 Å². The molecule has 1 N–H and O–H groups in total. The molecule has 6 nitrogen and oxygen atoms in total. The predicted octanol–water partition coefficient (Wildman–Crippen LogP) is 2.94. The number of nitriles is 1. The molecule has 134 valence electrons. The van der Waals surface area contributed by atoms with E-state index in [1.807, 2.05) is 6.07 Å². The number of ether oxygens (including phenoxy) is 1. The van der Waals surface area contributed by atoms with Gasteiger partial charge in [0.05, 0.1) is 54.0 Å². The molecule has 3 rings (SSSR count). The fraction of sp³-hybridized carbons (Fsp3) is 0.263. The first-order valence-electron chi connectivity index (χ1n) is 8.08. The van der Waals surface area contributed by atoms with E-state index >= 15 is 0 Å². The summed E-state index contributed by atoms with van der Waals surface area (Å²) in [6, 6.07) is 12.1. The van der Waals surface area contributed by atoms with Crippen LogP contribution in [0.2, 0.25) is 5.02 Å². The minimum Gasteiger partial charge on any atom is -0.495 e. The van der Waals surface area contributed by atoms with Gasteiger partial charge in [0.15, 0.2) is 0 Å². The Morgan fingerprint density at radius 2 is 2.04 bits per heavy atom. The van der Waals surface area contributed by atoms with Crippen molar-refractivity contribution >= 4 is 22.6 Å². The topological polar surface area (TPSA) is 80.2 Å². The van der Waals surface area contributed by atoms with Crippen molar-refractivity contribution < 1.29 is 9.84 Å². The van der Waals surface area contributed by atoms with Crippen LogP contribution >= 0.6 is 11.6 Å². The lowest BCUT2D eigenvalue weighted by molar-refractivity contribution is 0.238. The summed E-state index contributed by atoms with van der Waals surface area (Å²) in [6.45, 7) is 1.91. The summed E-state index contributed by atoms with van der Waals surface area (Å²) in [5, 5.41) is 19.2. The molecule has 1 aromatic heterocycles. The van der Waals surface area contributed by atoms with Crippen LogP contribution in [0.3, 0.4) is 0 Å². The summed E-state index contributed by atoms with van der Waals surface area (Å²) in [4.78, 5) is 13.0. The third-order valence-electron chi connectivity index (χ3n) is 4.35. The van der Waals surface area contributed by atoms with Crippen molar-refractivity contribution in [1.29, 1.82) is 5.26 Å². The number of benzene rings is 2. The van der Waals surface area contributed by atoms with Crippen LogP contribution in [-0.4, -0.2) is 28.0 Å². The fourth-order valence-electron chi connectivity index (χ4n) is 2.99. The van der Waals surface area contributed by atoms with Gasteiger partial charge in [0.25, 0.3) is 0 Å². The SMILES string of the molecule is COc1cc(Cn2c(=O)n([C@@H](C)CO)c3ccc(C#N)cc32)ccc1Cl. The van der Waals surface area contributed by atoms with Crippen molar-refractivity contribution in [2.45, 2.75) is 19.5 Å². The maximum absolute atomic E-state index is 13.0. The second kappa shape index (κ2) is 7.24. The first kappa shape index (κ1) is 18.1. The highest BCUT2D eigenvalue weighted by atomic mass is 35.5. The Hall–Kier alpha value is -2.75. The maximum atomic E-state index is 13.0. The zero-order chi connectivity index (χ0) is 18.8. The molecule has 2 aromatic carbocycles. The molecule has 0 fully saturated rings. The van der Waals surface area contributed by atoms with Crippen molar-refractivity contribution in [1.82, 2.24) is 9.13 Å². The van der Waals surface area contributed by atoms with Gasteiger partial charge in [-0.3, -0.25) is 9.13 Å². The van der Waals surface area contributed by atoms with Crippen molar-refractivity contribution in [3.05, 3.63) is 63.0 Å². The number of imidazole rings is 1. The van der Waals surface area contributed by atoms with Gasteiger partial charge >= 0.3 is 5.69 Å². The summed E-state index contributed by atoms with van der Waals surface area (Å²) in [5.74, 6) is 0.530. The molecule has 0 saturated carbocycles. The van der Waals surface area contributed by atoms with E-state index in [-0.39, 0.29) is 18.3 Å². The van der Waals surface area contributed by atoms with Crippen LogP contribution in [0.4, 0.5) is 0 Å².